The molecule has 2 aliphatic rings. The van der Waals surface area contributed by atoms with Gasteiger partial charge in [0.05, 0.1) is 16.3 Å². The van der Waals surface area contributed by atoms with Crippen molar-refractivity contribution in [3.8, 4) is 6.07 Å². The lowest BCUT2D eigenvalue weighted by Crippen LogP contribution is -2.55. The number of carbonyl (C=O) groups excluding carboxylic acids is 2. The number of anilines is 1. The molecule has 3 rings (SSSR count). The molecule has 1 aromatic carbocycles. The van der Waals surface area contributed by atoms with Gasteiger partial charge < -0.3 is 15.1 Å². The molecule has 29 heavy (non-hydrogen) atoms. The summed E-state index contributed by atoms with van der Waals surface area (Å²) < 4.78 is 0. The van der Waals surface area contributed by atoms with Crippen LogP contribution in [-0.4, -0.2) is 58.1 Å². The Bertz CT molecular complexity index is 889. The second-order valence-corrected chi connectivity index (χ2v) is 8.45. The molecule has 1 N–H and O–H groups in total. The Kier molecular flexibility index (Phi) is 6.01. The molecule has 0 aliphatic carbocycles. The molecule has 3 amide bonds. The van der Waals surface area contributed by atoms with Crippen LogP contribution < -0.4 is 10.2 Å². The Balaban J connectivity index is 1.82. The molecule has 154 valence electrons. The van der Waals surface area contributed by atoms with Crippen molar-refractivity contribution in [3.63, 3.8) is 0 Å². The Morgan fingerprint density at radius 2 is 2.03 bits per heavy atom. The number of likely N-dealkylation sites (tertiary alicyclic amines) is 1. The third kappa shape index (κ3) is 3.77. The van der Waals surface area contributed by atoms with Crippen molar-refractivity contribution in [2.45, 2.75) is 45.2 Å². The smallest absolute Gasteiger partial charge is 0.317 e. The predicted octanol–water partition coefficient (Wildman–Crippen LogP) is 3.12. The fraction of sp³-hybridized carbons (Fsp3) is 0.500. The molecule has 0 atom stereocenters. The zero-order valence-electron chi connectivity index (χ0n) is 16.7. The van der Waals surface area contributed by atoms with Crippen molar-refractivity contribution >= 4 is 46.6 Å². The first-order valence-corrected chi connectivity index (χ1v) is 10.4. The van der Waals surface area contributed by atoms with Crippen molar-refractivity contribution in [1.82, 2.24) is 15.1 Å². The summed E-state index contributed by atoms with van der Waals surface area (Å²) in [6, 6.07) is 6.90. The molecular weight excluding hydrogens is 410 g/mol. The Labute approximate surface area is 181 Å². The number of nitrogens with one attached hydrogen (secondary N) is 1. The molecule has 0 saturated carbocycles. The zero-order chi connectivity index (χ0) is 21.3. The van der Waals surface area contributed by atoms with Crippen LogP contribution in [0.4, 0.5) is 10.5 Å². The summed E-state index contributed by atoms with van der Waals surface area (Å²) in [5, 5.41) is 12.6. The van der Waals surface area contributed by atoms with Crippen LogP contribution in [0, 0.1) is 11.3 Å². The minimum Gasteiger partial charge on any atom is -0.338 e. The number of piperidine rings is 1. The van der Waals surface area contributed by atoms with Crippen LogP contribution in [0.3, 0.4) is 0 Å². The number of rotatable bonds is 3. The Morgan fingerprint density at radius 3 is 2.59 bits per heavy atom. The third-order valence-corrected chi connectivity index (χ3v) is 6.19. The molecule has 0 aromatic heterocycles. The molecule has 2 saturated heterocycles. The van der Waals surface area contributed by atoms with Crippen LogP contribution in [-0.2, 0) is 4.79 Å². The van der Waals surface area contributed by atoms with E-state index in [2.05, 4.69) is 5.32 Å². The molecule has 0 radical (unpaired) electrons. The number of benzene rings is 1. The lowest BCUT2D eigenvalue weighted by atomic mass is 9.96. The number of hydrogen-bond acceptors (Lipinski definition) is 4. The molecule has 0 bridgehead atoms. The maximum Gasteiger partial charge on any atom is 0.317 e. The van der Waals surface area contributed by atoms with Gasteiger partial charge in [-0.05, 0) is 64.0 Å². The standard InChI is InChI=1S/C20H24ClN5O2S/c1-4-23-18(28)24-9-7-14(8-10-24)26-19(29)25(17(27)20(26,2)3)15-6-5-13(12-22)16(21)11-15/h5-6,11,14H,4,7-10H2,1-3H3,(H,23,28). The van der Waals surface area contributed by atoms with E-state index in [9.17, 15) is 9.59 Å². The van der Waals surface area contributed by atoms with Crippen molar-refractivity contribution in [2.75, 3.05) is 24.5 Å². The van der Waals surface area contributed by atoms with Gasteiger partial charge >= 0.3 is 6.03 Å². The van der Waals surface area contributed by atoms with Crippen molar-refractivity contribution < 1.29 is 9.59 Å². The van der Waals surface area contributed by atoms with Crippen LogP contribution in [0.5, 0.6) is 0 Å². The van der Waals surface area contributed by atoms with Crippen LogP contribution >= 0.6 is 23.8 Å². The molecule has 2 aliphatic heterocycles. The van der Waals surface area contributed by atoms with Gasteiger partial charge in [-0.2, -0.15) is 5.26 Å². The highest BCUT2D eigenvalue weighted by Gasteiger charge is 2.52. The minimum absolute atomic E-state index is 0.0564. The minimum atomic E-state index is -0.810. The second kappa shape index (κ2) is 8.17. The fourth-order valence-electron chi connectivity index (χ4n) is 3.97. The van der Waals surface area contributed by atoms with Gasteiger partial charge in [-0.1, -0.05) is 11.6 Å². The van der Waals surface area contributed by atoms with E-state index >= 15 is 0 Å². The SMILES string of the molecule is CCNC(=O)N1CCC(N2C(=S)N(c3ccc(C#N)c(Cl)c3)C(=O)C2(C)C)CC1. The molecule has 7 nitrogen and oxygen atoms in total. The summed E-state index contributed by atoms with van der Waals surface area (Å²) >= 11 is 11.9. The molecular formula is C20H24ClN5O2S. The summed E-state index contributed by atoms with van der Waals surface area (Å²) in [7, 11) is 0. The van der Waals surface area contributed by atoms with Gasteiger partial charge in [0, 0.05) is 25.7 Å². The van der Waals surface area contributed by atoms with Crippen molar-refractivity contribution in [3.05, 3.63) is 28.8 Å². The maximum atomic E-state index is 13.2. The normalized spacial score (nSPS) is 19.5. The third-order valence-electron chi connectivity index (χ3n) is 5.50. The summed E-state index contributed by atoms with van der Waals surface area (Å²) in [4.78, 5) is 30.6. The molecule has 0 spiro atoms. The average Bonchev–Trinajstić information content (AvgIpc) is 2.86. The van der Waals surface area contributed by atoms with E-state index in [1.54, 1.807) is 23.1 Å². The lowest BCUT2D eigenvalue weighted by molar-refractivity contribution is -0.124. The van der Waals surface area contributed by atoms with E-state index < -0.39 is 5.54 Å². The summed E-state index contributed by atoms with van der Waals surface area (Å²) in [6.07, 6.45) is 1.46. The summed E-state index contributed by atoms with van der Waals surface area (Å²) in [5.41, 5.74) is 0.0943. The number of halogens is 1. The van der Waals surface area contributed by atoms with Gasteiger partial charge in [0.2, 0.25) is 0 Å². The van der Waals surface area contributed by atoms with Crippen molar-refractivity contribution in [2.24, 2.45) is 0 Å². The van der Waals surface area contributed by atoms with Crippen molar-refractivity contribution in [1.29, 1.82) is 5.26 Å². The first kappa shape index (κ1) is 21.3. The second-order valence-electron chi connectivity index (χ2n) is 7.68. The average molecular weight is 434 g/mol. The van der Waals surface area contributed by atoms with E-state index in [4.69, 9.17) is 29.1 Å². The first-order chi connectivity index (χ1) is 13.7. The highest BCUT2D eigenvalue weighted by molar-refractivity contribution is 7.80. The molecule has 2 fully saturated rings. The number of thiocarbonyl (C=S) groups is 1. The van der Waals surface area contributed by atoms with Gasteiger partial charge in [-0.25, -0.2) is 4.79 Å². The van der Waals surface area contributed by atoms with Gasteiger partial charge in [0.25, 0.3) is 5.91 Å². The summed E-state index contributed by atoms with van der Waals surface area (Å²) in [5.74, 6) is -0.130. The number of nitriles is 1. The highest BCUT2D eigenvalue weighted by Crippen LogP contribution is 2.37. The largest absolute Gasteiger partial charge is 0.338 e. The molecule has 9 heteroatoms. The molecule has 1 aromatic rings. The maximum absolute atomic E-state index is 13.2. The first-order valence-electron chi connectivity index (χ1n) is 9.62. The van der Waals surface area contributed by atoms with Crippen LogP contribution in [0.15, 0.2) is 18.2 Å². The predicted molar refractivity (Wildman–Crippen MR) is 116 cm³/mol. The molecule has 0 unspecified atom stereocenters. The van der Waals surface area contributed by atoms with E-state index in [0.717, 1.165) is 12.8 Å². The lowest BCUT2D eigenvalue weighted by Gasteiger charge is -2.41. The van der Waals surface area contributed by atoms with Crippen LogP contribution in [0.1, 0.15) is 39.2 Å². The van der Waals surface area contributed by atoms with Gasteiger partial charge in [-0.3, -0.25) is 9.69 Å². The quantitative estimate of drug-likeness (QED) is 0.741. The van der Waals surface area contributed by atoms with E-state index in [1.807, 2.05) is 31.7 Å². The van der Waals surface area contributed by atoms with E-state index in [-0.39, 0.29) is 23.0 Å². The number of amides is 3. The monoisotopic (exact) mass is 433 g/mol. The number of hydrogen-bond donors (Lipinski definition) is 1. The fourth-order valence-corrected chi connectivity index (χ4v) is 4.76. The topological polar surface area (TPSA) is 79.7 Å². The van der Waals surface area contributed by atoms with E-state index in [0.29, 0.717) is 36.0 Å². The Morgan fingerprint density at radius 1 is 1.38 bits per heavy atom. The van der Waals surface area contributed by atoms with Gasteiger partial charge in [0.1, 0.15) is 11.6 Å². The molecule has 2 heterocycles. The van der Waals surface area contributed by atoms with Gasteiger partial charge in [-0.15, -0.1) is 0 Å². The van der Waals surface area contributed by atoms with E-state index in [1.165, 1.54) is 4.90 Å². The Hall–Kier alpha value is -2.37. The number of nitrogens with zero attached hydrogens (tertiary/aromatic N) is 4. The highest BCUT2D eigenvalue weighted by atomic mass is 35.5. The number of urea groups is 1. The zero-order valence-corrected chi connectivity index (χ0v) is 18.3. The number of carbonyl (C=O) groups is 2. The van der Waals surface area contributed by atoms with Gasteiger partial charge in [0.15, 0.2) is 5.11 Å². The van der Waals surface area contributed by atoms with Crippen LogP contribution in [0.25, 0.3) is 0 Å². The van der Waals surface area contributed by atoms with Crippen LogP contribution in [0.2, 0.25) is 5.02 Å². The summed E-state index contributed by atoms with van der Waals surface area (Å²) in [6.45, 7) is 7.45.